The molecule has 0 spiro atoms. The molecular formula is C21H23IO3. The number of aliphatic hydroxyl groups excluding tert-OH is 1. The Morgan fingerprint density at radius 2 is 1.64 bits per heavy atom. The maximum atomic E-state index is 12.1. The molecule has 2 rings (SSSR count). The molecule has 0 aliphatic heterocycles. The summed E-state index contributed by atoms with van der Waals surface area (Å²) in [7, 11) is 0. The number of carbonyl (C=O) groups is 1. The third-order valence-corrected chi connectivity index (χ3v) is 4.48. The van der Waals surface area contributed by atoms with Crippen LogP contribution in [0.3, 0.4) is 0 Å². The zero-order valence-corrected chi connectivity index (χ0v) is 16.3. The molecule has 0 saturated carbocycles. The number of halogens is 1. The lowest BCUT2D eigenvalue weighted by atomic mass is 10.1. The highest BCUT2D eigenvalue weighted by atomic mass is 127. The number of hydrogen-bond donors (Lipinski definition) is 1. The van der Waals surface area contributed by atoms with Gasteiger partial charge in [0.2, 0.25) is 0 Å². The second-order valence-corrected chi connectivity index (χ2v) is 7.01. The van der Waals surface area contributed by atoms with Crippen LogP contribution in [0.2, 0.25) is 0 Å². The van der Waals surface area contributed by atoms with Gasteiger partial charge in [-0.1, -0.05) is 36.8 Å². The van der Waals surface area contributed by atoms with Crippen LogP contribution in [0.4, 0.5) is 0 Å². The van der Waals surface area contributed by atoms with Gasteiger partial charge in [0.05, 0.1) is 6.61 Å². The summed E-state index contributed by atoms with van der Waals surface area (Å²) >= 11 is 2.22. The molecule has 0 aliphatic rings. The summed E-state index contributed by atoms with van der Waals surface area (Å²) in [5.74, 6) is 0.836. The number of unbranched alkanes of at least 4 members (excludes halogenated alkanes) is 3. The van der Waals surface area contributed by atoms with E-state index in [1.165, 1.54) is 0 Å². The number of hydrogen-bond acceptors (Lipinski definition) is 3. The van der Waals surface area contributed by atoms with Crippen LogP contribution in [0.5, 0.6) is 5.75 Å². The Hall–Kier alpha value is -1.66. The average molecular weight is 450 g/mol. The fourth-order valence-corrected chi connectivity index (χ4v) is 2.67. The minimum absolute atomic E-state index is 0.000365. The molecule has 1 N–H and O–H groups in total. The van der Waals surface area contributed by atoms with Gasteiger partial charge in [0.1, 0.15) is 5.75 Å². The molecule has 25 heavy (non-hydrogen) atoms. The summed E-state index contributed by atoms with van der Waals surface area (Å²) in [6.07, 6.45) is 7.38. The lowest BCUT2D eigenvalue weighted by Crippen LogP contribution is -1.97. The van der Waals surface area contributed by atoms with Crippen molar-refractivity contribution in [3.8, 4) is 5.75 Å². The molecule has 0 radical (unpaired) electrons. The Morgan fingerprint density at radius 3 is 2.32 bits per heavy atom. The molecule has 0 aromatic heterocycles. The maximum absolute atomic E-state index is 12.1. The summed E-state index contributed by atoms with van der Waals surface area (Å²) in [5, 5.41) is 8.72. The van der Waals surface area contributed by atoms with Gasteiger partial charge in [-0.05, 0) is 77.8 Å². The Morgan fingerprint density at radius 1 is 0.960 bits per heavy atom. The fraction of sp³-hybridized carbons (Fsp3) is 0.286. The summed E-state index contributed by atoms with van der Waals surface area (Å²) in [5.41, 5.74) is 1.66. The largest absolute Gasteiger partial charge is 0.494 e. The minimum atomic E-state index is -0.000365. The van der Waals surface area contributed by atoms with Crippen molar-refractivity contribution < 1.29 is 14.6 Å². The van der Waals surface area contributed by atoms with E-state index < -0.39 is 0 Å². The second kappa shape index (κ2) is 11.1. The number of carbonyl (C=O) groups excluding carboxylic acids is 1. The maximum Gasteiger partial charge on any atom is 0.185 e. The Balaban J connectivity index is 1.79. The second-order valence-electron chi connectivity index (χ2n) is 5.76. The highest BCUT2D eigenvalue weighted by Gasteiger charge is 2.01. The molecule has 0 unspecified atom stereocenters. The summed E-state index contributed by atoms with van der Waals surface area (Å²) in [6, 6.07) is 15.3. The first kappa shape index (κ1) is 19.7. The average Bonchev–Trinajstić information content (AvgIpc) is 2.64. The van der Waals surface area contributed by atoms with Gasteiger partial charge in [0.25, 0.3) is 0 Å². The van der Waals surface area contributed by atoms with Gasteiger partial charge in [-0.2, -0.15) is 0 Å². The normalized spacial score (nSPS) is 11.0. The first-order valence-electron chi connectivity index (χ1n) is 8.51. The van der Waals surface area contributed by atoms with Gasteiger partial charge in [0, 0.05) is 15.7 Å². The van der Waals surface area contributed by atoms with Gasteiger partial charge in [0.15, 0.2) is 5.78 Å². The standard InChI is InChI=1S/C21H23IO3/c22-19-10-8-18(9-11-19)21(24)14-7-17-5-12-20(13-6-17)25-16-4-2-1-3-15-23/h5-14,23H,1-4,15-16H2. The van der Waals surface area contributed by atoms with E-state index in [1.54, 1.807) is 6.08 Å². The van der Waals surface area contributed by atoms with Gasteiger partial charge < -0.3 is 9.84 Å². The Labute approximate surface area is 162 Å². The van der Waals surface area contributed by atoms with Crippen molar-refractivity contribution in [2.45, 2.75) is 25.7 Å². The van der Waals surface area contributed by atoms with Crippen molar-refractivity contribution in [3.05, 3.63) is 69.3 Å². The molecule has 3 nitrogen and oxygen atoms in total. The van der Waals surface area contributed by atoms with Crippen LogP contribution in [-0.2, 0) is 0 Å². The highest BCUT2D eigenvalue weighted by Crippen LogP contribution is 2.15. The predicted octanol–water partition coefficient (Wildman–Crippen LogP) is 5.12. The van der Waals surface area contributed by atoms with E-state index in [0.29, 0.717) is 12.2 Å². The topological polar surface area (TPSA) is 46.5 Å². The Bertz CT molecular complexity index is 675. The first-order chi connectivity index (χ1) is 12.2. The van der Waals surface area contributed by atoms with E-state index in [-0.39, 0.29) is 12.4 Å². The molecule has 0 aliphatic carbocycles. The third kappa shape index (κ3) is 7.40. The van der Waals surface area contributed by atoms with E-state index in [1.807, 2.05) is 54.6 Å². The van der Waals surface area contributed by atoms with Crippen LogP contribution in [0, 0.1) is 3.57 Å². The molecule has 0 bridgehead atoms. The lowest BCUT2D eigenvalue weighted by Gasteiger charge is -2.06. The van der Waals surface area contributed by atoms with Gasteiger partial charge in [-0.15, -0.1) is 0 Å². The van der Waals surface area contributed by atoms with Crippen molar-refractivity contribution in [1.29, 1.82) is 0 Å². The van der Waals surface area contributed by atoms with Gasteiger partial charge in [-0.3, -0.25) is 4.79 Å². The lowest BCUT2D eigenvalue weighted by molar-refractivity contribution is 0.104. The van der Waals surface area contributed by atoms with Crippen LogP contribution < -0.4 is 4.74 Å². The van der Waals surface area contributed by atoms with Crippen molar-refractivity contribution in [3.63, 3.8) is 0 Å². The quantitative estimate of drug-likeness (QED) is 0.237. The van der Waals surface area contributed by atoms with Crippen molar-refractivity contribution >= 4 is 34.5 Å². The summed E-state index contributed by atoms with van der Waals surface area (Å²) in [6.45, 7) is 0.952. The zero-order valence-electron chi connectivity index (χ0n) is 14.2. The van der Waals surface area contributed by atoms with E-state index in [4.69, 9.17) is 9.84 Å². The van der Waals surface area contributed by atoms with Gasteiger partial charge in [-0.25, -0.2) is 0 Å². The number of ketones is 1. The van der Waals surface area contributed by atoms with Crippen LogP contribution in [-0.4, -0.2) is 24.1 Å². The van der Waals surface area contributed by atoms with E-state index in [0.717, 1.165) is 40.6 Å². The molecule has 2 aromatic carbocycles. The van der Waals surface area contributed by atoms with Crippen LogP contribution >= 0.6 is 22.6 Å². The zero-order chi connectivity index (χ0) is 17.9. The number of ether oxygens (including phenoxy) is 1. The molecule has 0 fully saturated rings. The monoisotopic (exact) mass is 450 g/mol. The van der Waals surface area contributed by atoms with Crippen molar-refractivity contribution in [2.75, 3.05) is 13.2 Å². The van der Waals surface area contributed by atoms with Gasteiger partial charge >= 0.3 is 0 Å². The molecule has 0 heterocycles. The van der Waals surface area contributed by atoms with Crippen LogP contribution in [0.15, 0.2) is 54.6 Å². The first-order valence-corrected chi connectivity index (χ1v) is 9.58. The van der Waals surface area contributed by atoms with Crippen LogP contribution in [0.25, 0.3) is 6.08 Å². The number of aliphatic hydroxyl groups is 1. The minimum Gasteiger partial charge on any atom is -0.494 e. The highest BCUT2D eigenvalue weighted by molar-refractivity contribution is 14.1. The molecular weight excluding hydrogens is 427 g/mol. The number of benzene rings is 2. The molecule has 4 heteroatoms. The number of rotatable bonds is 10. The Kier molecular flexibility index (Phi) is 8.69. The summed E-state index contributed by atoms with van der Waals surface area (Å²) < 4.78 is 6.81. The smallest absolute Gasteiger partial charge is 0.185 e. The summed E-state index contributed by atoms with van der Waals surface area (Å²) in [4.78, 5) is 12.1. The number of allylic oxidation sites excluding steroid dienone is 1. The fourth-order valence-electron chi connectivity index (χ4n) is 2.31. The van der Waals surface area contributed by atoms with Crippen molar-refractivity contribution in [1.82, 2.24) is 0 Å². The molecule has 0 amide bonds. The third-order valence-electron chi connectivity index (χ3n) is 3.76. The van der Waals surface area contributed by atoms with Crippen molar-refractivity contribution in [2.24, 2.45) is 0 Å². The van der Waals surface area contributed by atoms with E-state index in [9.17, 15) is 4.79 Å². The molecule has 0 atom stereocenters. The van der Waals surface area contributed by atoms with Crippen LogP contribution in [0.1, 0.15) is 41.6 Å². The predicted molar refractivity (Wildman–Crippen MR) is 110 cm³/mol. The molecule has 132 valence electrons. The van der Waals surface area contributed by atoms with E-state index >= 15 is 0 Å². The SMILES string of the molecule is O=C(C=Cc1ccc(OCCCCCCO)cc1)c1ccc(I)cc1. The van der Waals surface area contributed by atoms with E-state index in [2.05, 4.69) is 22.6 Å². The molecule has 2 aromatic rings. The molecule has 0 saturated heterocycles.